The molecule has 5 nitrogen and oxygen atoms in total. The van der Waals surface area contributed by atoms with Gasteiger partial charge >= 0.3 is 0 Å². The lowest BCUT2D eigenvalue weighted by atomic mass is 10.0. The number of nitrogens with one attached hydrogen (secondary N) is 1. The van der Waals surface area contributed by atoms with Crippen LogP contribution in [0.3, 0.4) is 0 Å². The summed E-state index contributed by atoms with van der Waals surface area (Å²) < 4.78 is 27.4. The van der Waals surface area contributed by atoms with Crippen molar-refractivity contribution in [3.05, 3.63) is 53.9 Å². The van der Waals surface area contributed by atoms with Crippen LogP contribution >= 0.6 is 0 Å². The molecule has 1 aromatic carbocycles. The maximum atomic E-state index is 12.5. The predicted octanol–water partition coefficient (Wildman–Crippen LogP) is 2.88. The molecule has 0 fully saturated rings. The highest BCUT2D eigenvalue weighted by Gasteiger charge is 2.20. The monoisotopic (exact) mass is 301 g/mol. The van der Waals surface area contributed by atoms with E-state index in [-0.39, 0.29) is 16.5 Å². The summed E-state index contributed by atoms with van der Waals surface area (Å²) in [4.78, 5) is 3.66. The van der Waals surface area contributed by atoms with Crippen molar-refractivity contribution in [1.82, 2.24) is 4.98 Å². The van der Waals surface area contributed by atoms with E-state index in [1.807, 2.05) is 26.0 Å². The van der Waals surface area contributed by atoms with Crippen molar-refractivity contribution in [2.75, 3.05) is 4.72 Å². The van der Waals surface area contributed by atoms with E-state index in [1.54, 1.807) is 18.2 Å². The van der Waals surface area contributed by atoms with E-state index >= 15 is 0 Å². The van der Waals surface area contributed by atoms with Crippen molar-refractivity contribution in [2.45, 2.75) is 24.7 Å². The molecule has 0 aliphatic heterocycles. The number of nitrogens with zero attached hydrogens (tertiary/aromatic N) is 2. The molecule has 0 atom stereocenters. The summed E-state index contributed by atoms with van der Waals surface area (Å²) in [7, 11) is -3.85. The van der Waals surface area contributed by atoms with Gasteiger partial charge in [0.05, 0.1) is 5.69 Å². The molecule has 0 aliphatic carbocycles. The topological polar surface area (TPSA) is 82.8 Å². The fraction of sp³-hybridized carbons (Fsp3) is 0.200. The van der Waals surface area contributed by atoms with Crippen LogP contribution in [-0.4, -0.2) is 13.4 Å². The lowest BCUT2D eigenvalue weighted by Crippen LogP contribution is -2.16. The van der Waals surface area contributed by atoms with Crippen molar-refractivity contribution >= 4 is 15.7 Å². The van der Waals surface area contributed by atoms with Crippen LogP contribution in [0.15, 0.2) is 47.5 Å². The van der Waals surface area contributed by atoms with Crippen molar-refractivity contribution in [3.63, 3.8) is 0 Å². The second-order valence-corrected chi connectivity index (χ2v) is 6.46. The molecule has 6 heteroatoms. The Morgan fingerprint density at radius 3 is 2.57 bits per heavy atom. The molecular weight excluding hydrogens is 286 g/mol. The zero-order chi connectivity index (χ0) is 15.5. The molecular formula is C15H15N3O2S. The molecule has 21 heavy (non-hydrogen) atoms. The van der Waals surface area contributed by atoms with Gasteiger partial charge in [-0.3, -0.25) is 4.72 Å². The second kappa shape index (κ2) is 5.94. The highest BCUT2D eigenvalue weighted by Crippen LogP contribution is 2.26. The third-order valence-electron chi connectivity index (χ3n) is 2.99. The SMILES string of the molecule is CC(C)c1ccccc1NS(=O)(=O)c1cccnc1C#N. The summed E-state index contributed by atoms with van der Waals surface area (Å²) in [5.74, 6) is 0.174. The fourth-order valence-electron chi connectivity index (χ4n) is 1.98. The first-order chi connectivity index (χ1) is 9.95. The van der Waals surface area contributed by atoms with Crippen molar-refractivity contribution in [2.24, 2.45) is 0 Å². The minimum Gasteiger partial charge on any atom is -0.279 e. The van der Waals surface area contributed by atoms with E-state index in [2.05, 4.69) is 9.71 Å². The smallest absolute Gasteiger partial charge is 0.264 e. The lowest BCUT2D eigenvalue weighted by molar-refractivity contribution is 0.600. The van der Waals surface area contributed by atoms with Crippen molar-refractivity contribution in [3.8, 4) is 6.07 Å². The summed E-state index contributed by atoms with van der Waals surface area (Å²) in [6.45, 7) is 3.97. The number of sulfonamides is 1. The largest absolute Gasteiger partial charge is 0.279 e. The van der Waals surface area contributed by atoms with Gasteiger partial charge < -0.3 is 0 Å². The number of aromatic nitrogens is 1. The summed E-state index contributed by atoms with van der Waals surface area (Å²) in [5.41, 5.74) is 1.29. The Morgan fingerprint density at radius 1 is 1.19 bits per heavy atom. The van der Waals surface area contributed by atoms with Gasteiger partial charge in [0.2, 0.25) is 0 Å². The maximum absolute atomic E-state index is 12.5. The molecule has 0 spiro atoms. The van der Waals surface area contributed by atoms with Crippen LogP contribution in [-0.2, 0) is 10.0 Å². The molecule has 108 valence electrons. The van der Waals surface area contributed by atoms with Gasteiger partial charge in [-0.25, -0.2) is 13.4 Å². The number of pyridine rings is 1. The molecule has 0 unspecified atom stereocenters. The molecule has 0 saturated carbocycles. The predicted molar refractivity (Wildman–Crippen MR) is 80.3 cm³/mol. The van der Waals surface area contributed by atoms with Crippen LogP contribution in [0, 0.1) is 11.3 Å². The quantitative estimate of drug-likeness (QED) is 0.941. The Hall–Kier alpha value is -2.39. The minimum atomic E-state index is -3.85. The van der Waals surface area contributed by atoms with E-state index in [4.69, 9.17) is 5.26 Å². The normalized spacial score (nSPS) is 11.1. The first kappa shape index (κ1) is 15.0. The zero-order valence-electron chi connectivity index (χ0n) is 11.7. The van der Waals surface area contributed by atoms with Gasteiger partial charge in [0.25, 0.3) is 10.0 Å². The molecule has 0 bridgehead atoms. The van der Waals surface area contributed by atoms with Gasteiger partial charge in [-0.05, 0) is 29.7 Å². The van der Waals surface area contributed by atoms with Crippen molar-refractivity contribution < 1.29 is 8.42 Å². The number of nitriles is 1. The fourth-order valence-corrected chi connectivity index (χ4v) is 3.18. The third kappa shape index (κ3) is 3.20. The highest BCUT2D eigenvalue weighted by atomic mass is 32.2. The molecule has 0 amide bonds. The summed E-state index contributed by atoms with van der Waals surface area (Å²) in [6, 6.07) is 11.8. The summed E-state index contributed by atoms with van der Waals surface area (Å²) in [6.07, 6.45) is 1.39. The van der Waals surface area contributed by atoms with Gasteiger partial charge in [-0.1, -0.05) is 32.0 Å². The zero-order valence-corrected chi connectivity index (χ0v) is 12.6. The number of para-hydroxylation sites is 1. The van der Waals surface area contributed by atoms with Gasteiger partial charge in [0.1, 0.15) is 11.0 Å². The van der Waals surface area contributed by atoms with Crippen LogP contribution in [0.5, 0.6) is 0 Å². The van der Waals surface area contributed by atoms with Crippen LogP contribution in [0.1, 0.15) is 31.0 Å². The van der Waals surface area contributed by atoms with Crippen LogP contribution in [0.25, 0.3) is 0 Å². The Bertz CT molecular complexity index is 793. The summed E-state index contributed by atoms with van der Waals surface area (Å²) in [5, 5.41) is 8.99. The van der Waals surface area contributed by atoms with E-state index in [1.165, 1.54) is 18.3 Å². The number of anilines is 1. The van der Waals surface area contributed by atoms with E-state index in [0.717, 1.165) is 5.56 Å². The molecule has 0 radical (unpaired) electrons. The molecule has 1 heterocycles. The first-order valence-electron chi connectivity index (χ1n) is 6.42. The molecule has 1 aromatic heterocycles. The van der Waals surface area contributed by atoms with E-state index in [9.17, 15) is 8.42 Å². The van der Waals surface area contributed by atoms with Crippen LogP contribution in [0.2, 0.25) is 0 Å². The lowest BCUT2D eigenvalue weighted by Gasteiger charge is -2.15. The molecule has 1 N–H and O–H groups in total. The first-order valence-corrected chi connectivity index (χ1v) is 7.91. The van der Waals surface area contributed by atoms with Gasteiger partial charge in [-0.2, -0.15) is 5.26 Å². The highest BCUT2D eigenvalue weighted by molar-refractivity contribution is 7.92. The third-order valence-corrected chi connectivity index (χ3v) is 4.39. The minimum absolute atomic E-state index is 0.118. The van der Waals surface area contributed by atoms with E-state index in [0.29, 0.717) is 5.69 Å². The van der Waals surface area contributed by atoms with Gasteiger partial charge in [0, 0.05) is 6.20 Å². The standard InChI is InChI=1S/C15H15N3O2S/c1-11(2)12-6-3-4-7-13(12)18-21(19,20)15-8-5-9-17-14(15)10-16/h3-9,11,18H,1-2H3. The van der Waals surface area contributed by atoms with E-state index < -0.39 is 10.0 Å². The number of rotatable bonds is 4. The average molecular weight is 301 g/mol. The van der Waals surface area contributed by atoms with Gasteiger partial charge in [0.15, 0.2) is 5.69 Å². The molecule has 2 rings (SSSR count). The van der Waals surface area contributed by atoms with Crippen molar-refractivity contribution in [1.29, 1.82) is 5.26 Å². The molecule has 0 saturated heterocycles. The number of hydrogen-bond donors (Lipinski definition) is 1. The Balaban J connectivity index is 2.46. The summed E-state index contributed by atoms with van der Waals surface area (Å²) >= 11 is 0. The Morgan fingerprint density at radius 2 is 1.90 bits per heavy atom. The van der Waals surface area contributed by atoms with Gasteiger partial charge in [-0.15, -0.1) is 0 Å². The van der Waals surface area contributed by atoms with Crippen LogP contribution in [0.4, 0.5) is 5.69 Å². The maximum Gasteiger partial charge on any atom is 0.264 e. The Kier molecular flexibility index (Phi) is 4.24. The number of hydrogen-bond acceptors (Lipinski definition) is 4. The number of benzene rings is 1. The molecule has 0 aliphatic rings. The average Bonchev–Trinajstić information content (AvgIpc) is 2.47. The second-order valence-electron chi connectivity index (χ2n) is 4.81. The Labute approximate surface area is 124 Å². The molecule has 2 aromatic rings. The van der Waals surface area contributed by atoms with Crippen LogP contribution < -0.4 is 4.72 Å².